The molecular weight excluding hydrogens is 406 g/mol. The van der Waals surface area contributed by atoms with E-state index in [1.807, 2.05) is 54.6 Å². The van der Waals surface area contributed by atoms with Crippen LogP contribution in [0.3, 0.4) is 0 Å². The molecule has 4 rings (SSSR count). The SMILES string of the molecule is COc1ccc(C(CC(=O)n2ccc3ccccc32)c2c(O)cc(OC)cc2OC)cc1. The summed E-state index contributed by atoms with van der Waals surface area (Å²) < 4.78 is 17.8. The molecule has 0 aliphatic heterocycles. The molecule has 3 aromatic carbocycles. The van der Waals surface area contributed by atoms with Crippen LogP contribution in [-0.2, 0) is 0 Å². The number of hydrogen-bond acceptors (Lipinski definition) is 5. The van der Waals surface area contributed by atoms with Gasteiger partial charge in [0.15, 0.2) is 0 Å². The highest BCUT2D eigenvalue weighted by atomic mass is 16.5. The molecule has 0 spiro atoms. The van der Waals surface area contributed by atoms with E-state index in [0.29, 0.717) is 22.8 Å². The van der Waals surface area contributed by atoms with Crippen LogP contribution < -0.4 is 14.2 Å². The van der Waals surface area contributed by atoms with Gasteiger partial charge in [0.1, 0.15) is 23.0 Å². The van der Waals surface area contributed by atoms with Crippen LogP contribution in [0.15, 0.2) is 72.9 Å². The van der Waals surface area contributed by atoms with Crippen LogP contribution >= 0.6 is 0 Å². The minimum absolute atomic E-state index is 0.00665. The standard InChI is InChI=1S/C26H25NO5/c1-30-19-10-8-17(9-11-19)21(26-23(28)14-20(31-2)15-24(26)32-3)16-25(29)27-13-12-18-6-4-5-7-22(18)27/h4-15,21,28H,16H2,1-3H3. The highest BCUT2D eigenvalue weighted by Crippen LogP contribution is 2.43. The molecule has 4 aromatic rings. The molecule has 0 aliphatic rings. The highest BCUT2D eigenvalue weighted by molar-refractivity contribution is 5.93. The van der Waals surface area contributed by atoms with E-state index < -0.39 is 5.92 Å². The number of nitrogens with zero attached hydrogens (tertiary/aromatic N) is 1. The molecule has 1 aromatic heterocycles. The number of aromatic hydroxyl groups is 1. The topological polar surface area (TPSA) is 69.9 Å². The molecule has 6 heteroatoms. The lowest BCUT2D eigenvalue weighted by molar-refractivity contribution is 0.0902. The molecule has 1 heterocycles. The summed E-state index contributed by atoms with van der Waals surface area (Å²) in [6, 6.07) is 20.4. The predicted octanol–water partition coefficient (Wildman–Crippen LogP) is 5.24. The fourth-order valence-corrected chi connectivity index (χ4v) is 4.02. The van der Waals surface area contributed by atoms with Gasteiger partial charge in [0.25, 0.3) is 0 Å². The second-order valence-corrected chi connectivity index (χ2v) is 7.43. The van der Waals surface area contributed by atoms with Crippen molar-refractivity contribution >= 4 is 16.8 Å². The molecule has 0 saturated carbocycles. The summed E-state index contributed by atoms with van der Waals surface area (Å²) >= 11 is 0. The summed E-state index contributed by atoms with van der Waals surface area (Å²) in [5.41, 5.74) is 2.23. The minimum atomic E-state index is -0.449. The van der Waals surface area contributed by atoms with E-state index in [2.05, 4.69) is 0 Å². The quantitative estimate of drug-likeness (QED) is 0.434. The lowest BCUT2D eigenvalue weighted by Crippen LogP contribution is -2.15. The minimum Gasteiger partial charge on any atom is -0.507 e. The normalized spacial score (nSPS) is 11.8. The first-order chi connectivity index (χ1) is 15.5. The van der Waals surface area contributed by atoms with Crippen molar-refractivity contribution in [1.82, 2.24) is 4.57 Å². The zero-order valence-electron chi connectivity index (χ0n) is 18.2. The van der Waals surface area contributed by atoms with Gasteiger partial charge in [-0.25, -0.2) is 0 Å². The summed E-state index contributed by atoms with van der Waals surface area (Å²) in [6.45, 7) is 0. The number of fused-ring (bicyclic) bond motifs is 1. The Morgan fingerprint density at radius 2 is 1.62 bits per heavy atom. The molecule has 1 unspecified atom stereocenters. The molecule has 0 radical (unpaired) electrons. The molecule has 0 amide bonds. The zero-order chi connectivity index (χ0) is 22.7. The van der Waals surface area contributed by atoms with Gasteiger partial charge >= 0.3 is 0 Å². The summed E-state index contributed by atoms with van der Waals surface area (Å²) in [6.07, 6.45) is 1.91. The zero-order valence-corrected chi connectivity index (χ0v) is 18.2. The molecular formula is C26H25NO5. The van der Waals surface area contributed by atoms with E-state index in [-0.39, 0.29) is 18.1 Å². The van der Waals surface area contributed by atoms with Crippen molar-refractivity contribution in [1.29, 1.82) is 0 Å². The van der Waals surface area contributed by atoms with Crippen molar-refractivity contribution in [3.05, 3.63) is 84.1 Å². The van der Waals surface area contributed by atoms with E-state index in [1.165, 1.54) is 20.3 Å². The van der Waals surface area contributed by atoms with Crippen molar-refractivity contribution in [2.75, 3.05) is 21.3 Å². The van der Waals surface area contributed by atoms with Gasteiger partial charge in [-0.3, -0.25) is 9.36 Å². The maximum absolute atomic E-state index is 13.4. The van der Waals surface area contributed by atoms with Crippen molar-refractivity contribution in [3.63, 3.8) is 0 Å². The lowest BCUT2D eigenvalue weighted by Gasteiger charge is -2.22. The van der Waals surface area contributed by atoms with E-state index in [0.717, 1.165) is 16.5 Å². The smallest absolute Gasteiger partial charge is 0.232 e. The highest BCUT2D eigenvalue weighted by Gasteiger charge is 2.27. The molecule has 0 fully saturated rings. The number of phenolic OH excluding ortho intramolecular Hbond substituents is 1. The number of carbonyl (C=O) groups excluding carboxylic acids is 1. The number of aromatic nitrogens is 1. The lowest BCUT2D eigenvalue weighted by atomic mass is 9.86. The number of ether oxygens (including phenoxy) is 3. The number of rotatable bonds is 7. The maximum Gasteiger partial charge on any atom is 0.232 e. The average molecular weight is 431 g/mol. The number of carbonyl (C=O) groups is 1. The molecule has 32 heavy (non-hydrogen) atoms. The third-order valence-electron chi connectivity index (χ3n) is 5.66. The molecule has 6 nitrogen and oxygen atoms in total. The molecule has 1 N–H and O–H groups in total. The Morgan fingerprint density at radius 1 is 0.906 bits per heavy atom. The van der Waals surface area contributed by atoms with Crippen molar-refractivity contribution in [2.24, 2.45) is 0 Å². The maximum atomic E-state index is 13.4. The summed E-state index contributed by atoms with van der Waals surface area (Å²) in [4.78, 5) is 13.4. The van der Waals surface area contributed by atoms with E-state index in [1.54, 1.807) is 23.9 Å². The first-order valence-electron chi connectivity index (χ1n) is 10.2. The van der Waals surface area contributed by atoms with Gasteiger partial charge in [0.2, 0.25) is 5.91 Å². The van der Waals surface area contributed by atoms with Crippen LogP contribution in [0, 0.1) is 0 Å². The second kappa shape index (κ2) is 9.06. The number of para-hydroxylation sites is 1. The molecule has 0 bridgehead atoms. The van der Waals surface area contributed by atoms with E-state index in [9.17, 15) is 9.90 Å². The fraction of sp³-hybridized carbons (Fsp3) is 0.192. The monoisotopic (exact) mass is 431 g/mol. The van der Waals surface area contributed by atoms with Gasteiger partial charge < -0.3 is 19.3 Å². The summed E-state index contributed by atoms with van der Waals surface area (Å²) in [5.74, 6) is 1.10. The molecule has 0 saturated heterocycles. The fourth-order valence-electron chi connectivity index (χ4n) is 4.02. The Labute approximate surface area is 186 Å². The number of methoxy groups -OCH3 is 3. The Kier molecular flexibility index (Phi) is 6.03. The van der Waals surface area contributed by atoms with Crippen LogP contribution in [0.5, 0.6) is 23.0 Å². The van der Waals surface area contributed by atoms with Crippen LogP contribution in [0.4, 0.5) is 0 Å². The van der Waals surface area contributed by atoms with Crippen LogP contribution in [-0.4, -0.2) is 36.9 Å². The van der Waals surface area contributed by atoms with Crippen molar-refractivity contribution in [3.8, 4) is 23.0 Å². The Balaban J connectivity index is 1.80. The Morgan fingerprint density at radius 3 is 2.31 bits per heavy atom. The first-order valence-corrected chi connectivity index (χ1v) is 10.2. The van der Waals surface area contributed by atoms with Gasteiger partial charge in [-0.2, -0.15) is 0 Å². The molecule has 0 aliphatic carbocycles. The van der Waals surface area contributed by atoms with Gasteiger partial charge in [-0.1, -0.05) is 30.3 Å². The van der Waals surface area contributed by atoms with Gasteiger partial charge in [-0.05, 0) is 29.8 Å². The number of hydrogen-bond donors (Lipinski definition) is 1. The molecule has 164 valence electrons. The number of benzene rings is 3. The van der Waals surface area contributed by atoms with Crippen LogP contribution in [0.25, 0.3) is 10.9 Å². The van der Waals surface area contributed by atoms with Crippen LogP contribution in [0.1, 0.15) is 28.3 Å². The second-order valence-electron chi connectivity index (χ2n) is 7.43. The predicted molar refractivity (Wildman–Crippen MR) is 123 cm³/mol. The van der Waals surface area contributed by atoms with Crippen LogP contribution in [0.2, 0.25) is 0 Å². The van der Waals surface area contributed by atoms with Crippen molar-refractivity contribution < 1.29 is 24.1 Å². The summed E-state index contributed by atoms with van der Waals surface area (Å²) in [5, 5.41) is 11.9. The molecule has 1 atom stereocenters. The van der Waals surface area contributed by atoms with E-state index >= 15 is 0 Å². The third-order valence-corrected chi connectivity index (χ3v) is 5.66. The average Bonchev–Trinajstić information content (AvgIpc) is 3.26. The first kappa shape index (κ1) is 21.3. The van der Waals surface area contributed by atoms with Gasteiger partial charge in [0, 0.05) is 41.6 Å². The number of phenols is 1. The third kappa shape index (κ3) is 3.99. The summed E-state index contributed by atoms with van der Waals surface area (Å²) in [7, 11) is 4.66. The Hall–Kier alpha value is -3.93. The largest absolute Gasteiger partial charge is 0.507 e. The van der Waals surface area contributed by atoms with Gasteiger partial charge in [0.05, 0.1) is 26.8 Å². The Bertz CT molecular complexity index is 1240. The van der Waals surface area contributed by atoms with Crippen molar-refractivity contribution in [2.45, 2.75) is 12.3 Å². The van der Waals surface area contributed by atoms with Gasteiger partial charge in [-0.15, -0.1) is 0 Å². The van der Waals surface area contributed by atoms with E-state index in [4.69, 9.17) is 14.2 Å².